The summed E-state index contributed by atoms with van der Waals surface area (Å²) in [6.45, 7) is 6.56. The van der Waals surface area contributed by atoms with Crippen molar-refractivity contribution in [1.82, 2.24) is 0 Å². The summed E-state index contributed by atoms with van der Waals surface area (Å²) in [5.41, 5.74) is 0. The summed E-state index contributed by atoms with van der Waals surface area (Å²) < 4.78 is 16.9. The summed E-state index contributed by atoms with van der Waals surface area (Å²) in [4.78, 5) is 38.3. The van der Waals surface area contributed by atoms with Crippen LogP contribution in [0.1, 0.15) is 342 Å². The standard InChI is InChI=1S/C69H124O6/c1-4-7-10-13-16-19-22-25-28-30-32-33-34-35-37-38-41-44-47-50-53-56-59-62-68(71)74-65-66(64-73-67(70)61-58-55-52-49-46-43-40-27-24-21-18-15-12-9-6-3)75-69(72)63-60-57-54-51-48-45-42-39-36-31-29-26-23-20-17-14-11-8-5-2/h9,12,18,21,26-27,29-30,32,40,66H,4-8,10-11,13-17,19-20,22-25,28,31,33-39,41-65H2,1-3H3/b12-9-,21-18-,29-26-,32-30-,40-27-. The lowest BCUT2D eigenvalue weighted by molar-refractivity contribution is -0.167. The average molecular weight is 1050 g/mol. The summed E-state index contributed by atoms with van der Waals surface area (Å²) >= 11 is 0. The van der Waals surface area contributed by atoms with Gasteiger partial charge in [0, 0.05) is 19.3 Å². The van der Waals surface area contributed by atoms with Crippen LogP contribution < -0.4 is 0 Å². The van der Waals surface area contributed by atoms with Crippen molar-refractivity contribution in [2.75, 3.05) is 13.2 Å². The van der Waals surface area contributed by atoms with Crippen molar-refractivity contribution in [2.45, 2.75) is 348 Å². The van der Waals surface area contributed by atoms with Crippen LogP contribution >= 0.6 is 0 Å². The van der Waals surface area contributed by atoms with Crippen LogP contribution in [0.5, 0.6) is 0 Å². The van der Waals surface area contributed by atoms with E-state index in [9.17, 15) is 14.4 Å². The Morgan fingerprint density at radius 1 is 0.280 bits per heavy atom. The summed E-state index contributed by atoms with van der Waals surface area (Å²) in [6, 6.07) is 0. The highest BCUT2D eigenvalue weighted by Crippen LogP contribution is 2.17. The highest BCUT2D eigenvalue weighted by Gasteiger charge is 2.19. The quantitative estimate of drug-likeness (QED) is 0.0261. The third-order valence-electron chi connectivity index (χ3n) is 14.5. The topological polar surface area (TPSA) is 78.9 Å². The zero-order valence-electron chi connectivity index (χ0n) is 50.1. The van der Waals surface area contributed by atoms with E-state index in [0.29, 0.717) is 19.3 Å². The van der Waals surface area contributed by atoms with E-state index in [1.807, 2.05) is 0 Å². The van der Waals surface area contributed by atoms with Gasteiger partial charge in [0.15, 0.2) is 6.10 Å². The number of allylic oxidation sites excluding steroid dienone is 10. The number of carbonyl (C=O) groups is 3. The number of hydrogen-bond acceptors (Lipinski definition) is 6. The second-order valence-corrected chi connectivity index (χ2v) is 22.0. The van der Waals surface area contributed by atoms with Gasteiger partial charge in [0.1, 0.15) is 13.2 Å². The van der Waals surface area contributed by atoms with E-state index in [1.165, 1.54) is 205 Å². The molecule has 0 saturated carbocycles. The average Bonchev–Trinajstić information content (AvgIpc) is 3.41. The third kappa shape index (κ3) is 61.8. The molecular weight excluding hydrogens is 925 g/mol. The molecular formula is C69H124O6. The fourth-order valence-electron chi connectivity index (χ4n) is 9.57. The van der Waals surface area contributed by atoms with Crippen molar-refractivity contribution in [1.29, 1.82) is 0 Å². The number of rotatable bonds is 60. The molecule has 0 amide bonds. The van der Waals surface area contributed by atoms with E-state index in [1.54, 1.807) is 0 Å². The monoisotopic (exact) mass is 1050 g/mol. The SMILES string of the molecule is CC/C=C\C/C=C\C/C=C\CCCCCCCC(=O)OCC(COC(=O)CCCCCCCCCCCCC/C=C\CCCCCCCCCC)OC(=O)CCCCCCCCCCC/C=C\CCCCCCCC. The van der Waals surface area contributed by atoms with Gasteiger partial charge < -0.3 is 14.2 Å². The van der Waals surface area contributed by atoms with E-state index in [2.05, 4.69) is 81.5 Å². The molecule has 0 radical (unpaired) electrons. The lowest BCUT2D eigenvalue weighted by Gasteiger charge is -2.18. The number of hydrogen-bond donors (Lipinski definition) is 0. The normalized spacial score (nSPS) is 12.4. The maximum Gasteiger partial charge on any atom is 0.306 e. The van der Waals surface area contributed by atoms with Crippen molar-refractivity contribution < 1.29 is 28.6 Å². The molecule has 0 saturated heterocycles. The number of ether oxygens (including phenoxy) is 3. The first-order valence-corrected chi connectivity index (χ1v) is 32.8. The van der Waals surface area contributed by atoms with Gasteiger partial charge in [-0.1, -0.05) is 281 Å². The van der Waals surface area contributed by atoms with Crippen LogP contribution in [0.25, 0.3) is 0 Å². The van der Waals surface area contributed by atoms with E-state index in [-0.39, 0.29) is 31.1 Å². The number of unbranched alkanes of at least 4 members (excludes halogenated alkanes) is 39. The van der Waals surface area contributed by atoms with Crippen molar-refractivity contribution in [2.24, 2.45) is 0 Å². The summed E-state index contributed by atoms with van der Waals surface area (Å²) in [5.74, 6) is -0.881. The molecule has 1 atom stereocenters. The fraction of sp³-hybridized carbons (Fsp3) is 0.812. The molecule has 0 rings (SSSR count). The second-order valence-electron chi connectivity index (χ2n) is 22.0. The molecule has 75 heavy (non-hydrogen) atoms. The predicted octanol–water partition coefficient (Wildman–Crippen LogP) is 22.3. The van der Waals surface area contributed by atoms with Crippen LogP contribution in [0, 0.1) is 0 Å². The molecule has 0 aliphatic rings. The van der Waals surface area contributed by atoms with Crippen LogP contribution in [-0.4, -0.2) is 37.2 Å². The minimum Gasteiger partial charge on any atom is -0.462 e. The predicted molar refractivity (Wildman–Crippen MR) is 325 cm³/mol. The van der Waals surface area contributed by atoms with Crippen molar-refractivity contribution >= 4 is 17.9 Å². The Bertz CT molecular complexity index is 1340. The number of carbonyl (C=O) groups excluding carboxylic acids is 3. The molecule has 436 valence electrons. The van der Waals surface area contributed by atoms with Crippen LogP contribution in [-0.2, 0) is 28.6 Å². The van der Waals surface area contributed by atoms with Gasteiger partial charge >= 0.3 is 17.9 Å². The van der Waals surface area contributed by atoms with Gasteiger partial charge in [-0.25, -0.2) is 0 Å². The Morgan fingerprint density at radius 2 is 0.520 bits per heavy atom. The molecule has 0 N–H and O–H groups in total. The molecule has 0 aromatic carbocycles. The molecule has 0 aromatic heterocycles. The van der Waals surface area contributed by atoms with Gasteiger partial charge in [0.05, 0.1) is 0 Å². The minimum atomic E-state index is -0.783. The maximum atomic E-state index is 12.9. The van der Waals surface area contributed by atoms with Crippen LogP contribution in [0.4, 0.5) is 0 Å². The molecule has 0 aliphatic heterocycles. The van der Waals surface area contributed by atoms with E-state index < -0.39 is 6.10 Å². The fourth-order valence-corrected chi connectivity index (χ4v) is 9.57. The summed E-state index contributed by atoms with van der Waals surface area (Å²) in [7, 11) is 0. The zero-order chi connectivity index (χ0) is 54.3. The Hall–Kier alpha value is -2.89. The smallest absolute Gasteiger partial charge is 0.306 e. The molecule has 1 unspecified atom stereocenters. The highest BCUT2D eigenvalue weighted by molar-refractivity contribution is 5.71. The van der Waals surface area contributed by atoms with Crippen LogP contribution in [0.3, 0.4) is 0 Å². The zero-order valence-corrected chi connectivity index (χ0v) is 50.1. The molecule has 0 aromatic rings. The minimum absolute atomic E-state index is 0.0789. The molecule has 0 heterocycles. The van der Waals surface area contributed by atoms with Crippen LogP contribution in [0.15, 0.2) is 60.8 Å². The van der Waals surface area contributed by atoms with E-state index in [4.69, 9.17) is 14.2 Å². The van der Waals surface area contributed by atoms with Gasteiger partial charge in [-0.05, 0) is 103 Å². The van der Waals surface area contributed by atoms with Gasteiger partial charge in [-0.2, -0.15) is 0 Å². The van der Waals surface area contributed by atoms with Crippen LogP contribution in [0.2, 0.25) is 0 Å². The molecule has 6 heteroatoms. The Labute approximate surface area is 466 Å². The van der Waals surface area contributed by atoms with Crippen molar-refractivity contribution in [3.05, 3.63) is 60.8 Å². The van der Waals surface area contributed by atoms with Gasteiger partial charge in [0.2, 0.25) is 0 Å². The van der Waals surface area contributed by atoms with Crippen molar-refractivity contribution in [3.63, 3.8) is 0 Å². The van der Waals surface area contributed by atoms with Gasteiger partial charge in [-0.3, -0.25) is 14.4 Å². The molecule has 0 fully saturated rings. The molecule has 0 aliphatic carbocycles. The molecule has 0 spiro atoms. The lowest BCUT2D eigenvalue weighted by atomic mass is 10.0. The van der Waals surface area contributed by atoms with Gasteiger partial charge in [-0.15, -0.1) is 0 Å². The first-order chi connectivity index (χ1) is 37.0. The number of esters is 3. The third-order valence-corrected chi connectivity index (χ3v) is 14.5. The highest BCUT2D eigenvalue weighted by atomic mass is 16.6. The Kier molecular flexibility index (Phi) is 61.2. The lowest BCUT2D eigenvalue weighted by Crippen LogP contribution is -2.30. The molecule has 6 nitrogen and oxygen atoms in total. The summed E-state index contributed by atoms with van der Waals surface area (Å²) in [6.07, 6.45) is 80.9. The first kappa shape index (κ1) is 72.1. The molecule has 0 bridgehead atoms. The van der Waals surface area contributed by atoms with E-state index in [0.717, 1.165) is 96.3 Å². The maximum absolute atomic E-state index is 12.9. The Balaban J connectivity index is 4.33. The Morgan fingerprint density at radius 3 is 0.827 bits per heavy atom. The second kappa shape index (κ2) is 63.6. The summed E-state index contributed by atoms with van der Waals surface area (Å²) in [5, 5.41) is 0. The van der Waals surface area contributed by atoms with Crippen molar-refractivity contribution in [3.8, 4) is 0 Å². The van der Waals surface area contributed by atoms with Gasteiger partial charge in [0.25, 0.3) is 0 Å². The van der Waals surface area contributed by atoms with E-state index >= 15 is 0 Å². The first-order valence-electron chi connectivity index (χ1n) is 32.8. The largest absolute Gasteiger partial charge is 0.462 e.